The third-order valence-corrected chi connectivity index (χ3v) is 11.4. The highest BCUT2D eigenvalue weighted by Gasteiger charge is 2.56. The number of nitrogens with one attached hydrogen (secondary N) is 2. The van der Waals surface area contributed by atoms with Crippen LogP contribution < -0.4 is 5.32 Å². The van der Waals surface area contributed by atoms with Gasteiger partial charge in [0.05, 0.1) is 11.1 Å². The Balaban J connectivity index is 1.01. The number of rotatable bonds is 7. The third kappa shape index (κ3) is 4.87. The van der Waals surface area contributed by atoms with Gasteiger partial charge in [-0.2, -0.15) is 0 Å². The number of nitrogens with zero attached hydrogens (tertiary/aromatic N) is 2. The van der Waals surface area contributed by atoms with E-state index in [2.05, 4.69) is 50.4 Å². The van der Waals surface area contributed by atoms with Gasteiger partial charge in [-0.05, 0) is 125 Å². The van der Waals surface area contributed by atoms with Crippen molar-refractivity contribution in [3.8, 4) is 0 Å². The number of carbonyl (C=O) groups is 3. The predicted octanol–water partition coefficient (Wildman–Crippen LogP) is 6.47. The number of benzene rings is 2. The highest BCUT2D eigenvalue weighted by Crippen LogP contribution is 2.62. The maximum absolute atomic E-state index is 13.9. The second kappa shape index (κ2) is 11.2. The van der Waals surface area contributed by atoms with Gasteiger partial charge in [-0.3, -0.25) is 14.4 Å². The summed E-state index contributed by atoms with van der Waals surface area (Å²) in [6.45, 7) is 7.89. The van der Waals surface area contributed by atoms with Crippen LogP contribution in [0.1, 0.15) is 92.9 Å². The van der Waals surface area contributed by atoms with Crippen molar-refractivity contribution in [2.24, 2.45) is 5.92 Å². The summed E-state index contributed by atoms with van der Waals surface area (Å²) in [5, 5.41) is 2.95. The molecule has 2 aromatic carbocycles. The number of amides is 2. The number of aromatic amines is 1. The first-order valence-corrected chi connectivity index (χ1v) is 17.0. The molecule has 4 heterocycles. The van der Waals surface area contributed by atoms with E-state index in [4.69, 9.17) is 0 Å². The zero-order valence-electron chi connectivity index (χ0n) is 26.8. The molecule has 8 rings (SSSR count). The van der Waals surface area contributed by atoms with Crippen molar-refractivity contribution < 1.29 is 14.4 Å². The van der Waals surface area contributed by atoms with Gasteiger partial charge in [0.1, 0.15) is 0 Å². The molecule has 0 radical (unpaired) electrons. The van der Waals surface area contributed by atoms with Crippen LogP contribution in [0.15, 0.2) is 54.6 Å². The molecule has 7 heteroatoms. The molecule has 2 aliphatic carbocycles. The number of anilines is 1. The van der Waals surface area contributed by atoms with Gasteiger partial charge in [0.2, 0.25) is 0 Å². The first-order valence-electron chi connectivity index (χ1n) is 17.0. The third-order valence-electron chi connectivity index (χ3n) is 11.4. The van der Waals surface area contributed by atoms with Crippen LogP contribution >= 0.6 is 0 Å². The lowest BCUT2D eigenvalue weighted by molar-refractivity contribution is -0.110. The highest BCUT2D eigenvalue weighted by molar-refractivity contribution is 6.35. The molecule has 7 nitrogen and oxygen atoms in total. The highest BCUT2D eigenvalue weighted by atomic mass is 16.2. The lowest BCUT2D eigenvalue weighted by atomic mass is 9.95. The molecule has 3 fully saturated rings. The summed E-state index contributed by atoms with van der Waals surface area (Å²) in [6, 6.07) is 14.4. The number of fused-ring (bicyclic) bond motifs is 3. The van der Waals surface area contributed by atoms with Gasteiger partial charge >= 0.3 is 0 Å². The van der Waals surface area contributed by atoms with E-state index in [1.165, 1.54) is 24.0 Å². The maximum Gasteiger partial charge on any atom is 0.256 e. The minimum absolute atomic E-state index is 0.0521. The minimum Gasteiger partial charge on any atom is -0.358 e. The molecule has 46 heavy (non-hydrogen) atoms. The van der Waals surface area contributed by atoms with Crippen molar-refractivity contribution in [1.29, 1.82) is 0 Å². The number of allylic oxidation sites excluding steroid dienone is 2. The summed E-state index contributed by atoms with van der Waals surface area (Å²) in [5.74, 6) is 0.204. The first kappa shape index (κ1) is 29.2. The van der Waals surface area contributed by atoms with Crippen molar-refractivity contribution in [1.82, 2.24) is 14.8 Å². The Labute approximate surface area is 270 Å². The summed E-state index contributed by atoms with van der Waals surface area (Å²) in [6.07, 6.45) is 13.6. The normalized spacial score (nSPS) is 26.0. The topological polar surface area (TPSA) is 85.5 Å². The Morgan fingerprint density at radius 3 is 2.72 bits per heavy atom. The van der Waals surface area contributed by atoms with Crippen molar-refractivity contribution in [3.63, 3.8) is 0 Å². The van der Waals surface area contributed by atoms with Gasteiger partial charge in [0.15, 0.2) is 5.78 Å². The quantitative estimate of drug-likeness (QED) is 0.236. The average Bonchev–Trinajstić information content (AvgIpc) is 3.64. The summed E-state index contributed by atoms with van der Waals surface area (Å²) in [7, 11) is 0. The molecular weight excluding hydrogens is 572 g/mol. The van der Waals surface area contributed by atoms with Crippen molar-refractivity contribution in [3.05, 3.63) is 99.4 Å². The van der Waals surface area contributed by atoms with Crippen LogP contribution in [0, 0.1) is 19.8 Å². The van der Waals surface area contributed by atoms with Gasteiger partial charge in [-0.1, -0.05) is 30.3 Å². The van der Waals surface area contributed by atoms with E-state index in [-0.39, 0.29) is 29.1 Å². The smallest absolute Gasteiger partial charge is 0.256 e. The maximum atomic E-state index is 13.9. The fourth-order valence-electron chi connectivity index (χ4n) is 8.77. The standard InChI is InChI=1S/C39H42N4O3/c1-24-34(40-25(2)36(24)38(46)43-19-7-9-29(43)23-42-17-5-6-18-42)21-31-30-20-27(11-13-33(30)41-37(31)45)35(44)14-12-28-22-39(28)16-15-26-8-3-4-10-32(26)39/h3-4,8,10-14,20-21,28-29,40H,5-7,9,15-19,22-23H2,1-2H3,(H,41,45)/b14-12+,31-21-/t28-,29-,39+/m1/s1. The van der Waals surface area contributed by atoms with Crippen LogP contribution in [0.4, 0.5) is 5.69 Å². The SMILES string of the molecule is Cc1[nH]c(/C=C2\C(=O)Nc3ccc(C(=O)/C=C/[C@@H]4C[C@@]45CCc4ccccc45)cc32)c(C)c1C(=O)N1CCC[C@@H]1CN1CCCC1. The van der Waals surface area contributed by atoms with Gasteiger partial charge in [0, 0.05) is 52.7 Å². The number of ketones is 1. The Morgan fingerprint density at radius 2 is 1.87 bits per heavy atom. The molecule has 236 valence electrons. The summed E-state index contributed by atoms with van der Waals surface area (Å²) in [4.78, 5) is 48.4. The molecule has 0 bridgehead atoms. The zero-order chi connectivity index (χ0) is 31.6. The van der Waals surface area contributed by atoms with E-state index in [0.29, 0.717) is 33.9 Å². The zero-order valence-corrected chi connectivity index (χ0v) is 26.8. The second-order valence-electron chi connectivity index (χ2n) is 14.1. The van der Waals surface area contributed by atoms with E-state index in [1.807, 2.05) is 32.1 Å². The van der Waals surface area contributed by atoms with E-state index >= 15 is 0 Å². The lowest BCUT2D eigenvalue weighted by Crippen LogP contribution is -2.42. The predicted molar refractivity (Wildman–Crippen MR) is 181 cm³/mol. The fraction of sp³-hybridized carbons (Fsp3) is 0.410. The summed E-state index contributed by atoms with van der Waals surface area (Å²) < 4.78 is 0. The second-order valence-corrected chi connectivity index (χ2v) is 14.1. The van der Waals surface area contributed by atoms with Crippen LogP contribution in [-0.2, 0) is 16.6 Å². The Bertz CT molecular complexity index is 1830. The largest absolute Gasteiger partial charge is 0.358 e. The molecule has 2 N–H and O–H groups in total. The summed E-state index contributed by atoms with van der Waals surface area (Å²) >= 11 is 0. The Kier molecular flexibility index (Phi) is 7.13. The van der Waals surface area contributed by atoms with Crippen molar-refractivity contribution in [2.75, 3.05) is 31.5 Å². The number of carbonyl (C=O) groups excluding carboxylic acids is 3. The molecule has 3 atom stereocenters. The molecule has 0 unspecified atom stereocenters. The van der Waals surface area contributed by atoms with Crippen LogP contribution in [-0.4, -0.2) is 64.6 Å². The van der Waals surface area contributed by atoms with Gasteiger partial charge < -0.3 is 20.1 Å². The van der Waals surface area contributed by atoms with Crippen molar-refractivity contribution >= 4 is 34.9 Å². The first-order chi connectivity index (χ1) is 22.3. The lowest BCUT2D eigenvalue weighted by Gasteiger charge is -2.28. The molecule has 1 aromatic heterocycles. The van der Waals surface area contributed by atoms with E-state index in [0.717, 1.165) is 75.2 Å². The van der Waals surface area contributed by atoms with Gasteiger partial charge in [0.25, 0.3) is 11.8 Å². The molecule has 2 amide bonds. The molecular formula is C39H42N4O3. The Hall–Kier alpha value is -4.23. The molecule has 1 saturated carbocycles. The van der Waals surface area contributed by atoms with Crippen LogP contribution in [0.2, 0.25) is 0 Å². The van der Waals surface area contributed by atoms with Gasteiger partial charge in [-0.25, -0.2) is 0 Å². The molecule has 1 spiro atoms. The molecule has 3 aromatic rings. The average molecular weight is 615 g/mol. The number of aryl methyl sites for hydroxylation is 2. The van der Waals surface area contributed by atoms with Gasteiger partial charge in [-0.15, -0.1) is 0 Å². The monoisotopic (exact) mass is 614 g/mol. The van der Waals surface area contributed by atoms with Crippen molar-refractivity contribution in [2.45, 2.75) is 70.3 Å². The summed E-state index contributed by atoms with van der Waals surface area (Å²) in [5.41, 5.74) is 8.69. The number of aromatic nitrogens is 1. The molecule has 5 aliphatic rings. The number of hydrogen-bond acceptors (Lipinski definition) is 4. The fourth-order valence-corrected chi connectivity index (χ4v) is 8.77. The number of H-pyrrole nitrogens is 1. The molecule has 2 saturated heterocycles. The van der Waals surface area contributed by atoms with Crippen LogP contribution in [0.5, 0.6) is 0 Å². The van der Waals surface area contributed by atoms with Crippen LogP contribution in [0.25, 0.3) is 11.6 Å². The van der Waals surface area contributed by atoms with E-state index in [1.54, 1.807) is 12.1 Å². The minimum atomic E-state index is -0.209. The Morgan fingerprint density at radius 1 is 1.04 bits per heavy atom. The molecule has 3 aliphatic heterocycles. The van der Waals surface area contributed by atoms with Crippen LogP contribution in [0.3, 0.4) is 0 Å². The van der Waals surface area contributed by atoms with E-state index < -0.39 is 0 Å². The number of hydrogen-bond donors (Lipinski definition) is 2. The van der Waals surface area contributed by atoms with E-state index in [9.17, 15) is 14.4 Å². The number of likely N-dealkylation sites (tertiary alicyclic amines) is 2.